The van der Waals surface area contributed by atoms with E-state index in [-0.39, 0.29) is 30.3 Å². The summed E-state index contributed by atoms with van der Waals surface area (Å²) in [6, 6.07) is 12.2. The molecule has 1 aromatic heterocycles. The topological polar surface area (TPSA) is 70.4 Å². The van der Waals surface area contributed by atoms with E-state index in [1.807, 2.05) is 29.9 Å². The zero-order valence-electron chi connectivity index (χ0n) is 22.1. The summed E-state index contributed by atoms with van der Waals surface area (Å²) in [6.07, 6.45) is 6.67. The van der Waals surface area contributed by atoms with Crippen molar-refractivity contribution in [2.24, 2.45) is 18.1 Å². The third-order valence-corrected chi connectivity index (χ3v) is 8.00. The first-order valence-electron chi connectivity index (χ1n) is 13.7. The van der Waals surface area contributed by atoms with Crippen molar-refractivity contribution >= 4 is 17.5 Å². The average Bonchev–Trinajstić information content (AvgIpc) is 3.68. The zero-order valence-corrected chi connectivity index (χ0v) is 22.1. The number of benzene rings is 1. The van der Waals surface area contributed by atoms with Gasteiger partial charge in [-0.3, -0.25) is 14.5 Å². The number of hydrogen-bond donors (Lipinski definition) is 0. The van der Waals surface area contributed by atoms with E-state index in [1.54, 1.807) is 9.91 Å². The van der Waals surface area contributed by atoms with Gasteiger partial charge in [-0.1, -0.05) is 42.7 Å². The lowest BCUT2D eigenvalue weighted by Crippen LogP contribution is -2.47. The average molecular weight is 506 g/mol. The van der Waals surface area contributed by atoms with Crippen molar-refractivity contribution in [2.75, 3.05) is 45.9 Å². The molecule has 5 rings (SSSR count). The van der Waals surface area contributed by atoms with Gasteiger partial charge in [0.15, 0.2) is 0 Å². The van der Waals surface area contributed by atoms with Gasteiger partial charge in [0.1, 0.15) is 6.54 Å². The highest BCUT2D eigenvalue weighted by Crippen LogP contribution is 2.33. The lowest BCUT2D eigenvalue weighted by molar-refractivity contribution is -0.144. The Hall–Kier alpha value is -2.97. The minimum atomic E-state index is -0.180. The first-order chi connectivity index (χ1) is 18.0. The molecular weight excluding hydrogens is 466 g/mol. The maximum atomic E-state index is 13.9. The fourth-order valence-corrected chi connectivity index (χ4v) is 5.72. The van der Waals surface area contributed by atoms with Gasteiger partial charge in [-0.05, 0) is 37.5 Å². The molecule has 1 atom stereocenters. The molecule has 1 saturated carbocycles. The van der Waals surface area contributed by atoms with Crippen molar-refractivity contribution in [3.05, 3.63) is 59.4 Å². The molecule has 3 aliphatic rings. The quantitative estimate of drug-likeness (QED) is 0.552. The summed E-state index contributed by atoms with van der Waals surface area (Å²) in [5.74, 6) is 0.0336. The molecule has 0 spiro atoms. The number of hydrogen-bond acceptors (Lipinski definition) is 5. The molecule has 0 bridgehead atoms. The standard InChI is InChI=1S/C29H39N5O3/c1-22-9-11-23(12-10-22)27-20-25(26-8-5-13-31(26)2)30-34(27)28(35)21-33(29(36)24-6-3-4-7-24)15-14-32-16-18-37-19-17-32/h5,8-13,24,27H,3-4,6-7,14-21H2,1-2H3/t27-/m1/s1. The zero-order chi connectivity index (χ0) is 25.8. The van der Waals surface area contributed by atoms with Crippen molar-refractivity contribution < 1.29 is 14.3 Å². The van der Waals surface area contributed by atoms with Gasteiger partial charge in [-0.25, -0.2) is 5.01 Å². The lowest BCUT2D eigenvalue weighted by Gasteiger charge is -2.32. The molecule has 2 aromatic rings. The van der Waals surface area contributed by atoms with Crippen LogP contribution in [0.1, 0.15) is 55.0 Å². The van der Waals surface area contributed by atoms with Crippen LogP contribution < -0.4 is 0 Å². The van der Waals surface area contributed by atoms with Gasteiger partial charge >= 0.3 is 0 Å². The predicted molar refractivity (Wildman–Crippen MR) is 143 cm³/mol. The van der Waals surface area contributed by atoms with E-state index in [9.17, 15) is 9.59 Å². The third kappa shape index (κ3) is 5.96. The molecule has 2 aliphatic heterocycles. The molecular formula is C29H39N5O3. The number of rotatable bonds is 8. The van der Waals surface area contributed by atoms with Crippen molar-refractivity contribution in [3.63, 3.8) is 0 Å². The van der Waals surface area contributed by atoms with Crippen LogP contribution in [0.15, 0.2) is 47.7 Å². The number of hydrazone groups is 1. The molecule has 1 aliphatic carbocycles. The van der Waals surface area contributed by atoms with Crippen LogP contribution >= 0.6 is 0 Å². The molecule has 198 valence electrons. The lowest BCUT2D eigenvalue weighted by atomic mass is 9.99. The molecule has 0 unspecified atom stereocenters. The van der Waals surface area contributed by atoms with Gasteiger partial charge < -0.3 is 14.2 Å². The van der Waals surface area contributed by atoms with E-state index in [0.29, 0.717) is 13.0 Å². The van der Waals surface area contributed by atoms with Crippen LogP contribution in [0.2, 0.25) is 0 Å². The monoisotopic (exact) mass is 505 g/mol. The predicted octanol–water partition coefficient (Wildman–Crippen LogP) is 3.36. The molecule has 8 nitrogen and oxygen atoms in total. The number of ether oxygens (including phenoxy) is 1. The van der Waals surface area contributed by atoms with Gasteiger partial charge in [0.05, 0.1) is 30.7 Å². The van der Waals surface area contributed by atoms with E-state index < -0.39 is 0 Å². The Labute approximate surface area is 219 Å². The first-order valence-corrected chi connectivity index (χ1v) is 13.7. The summed E-state index contributed by atoms with van der Waals surface area (Å²) in [5.41, 5.74) is 4.15. The van der Waals surface area contributed by atoms with Crippen molar-refractivity contribution in [1.29, 1.82) is 0 Å². The summed E-state index contributed by atoms with van der Waals surface area (Å²) in [6.45, 7) is 6.61. The van der Waals surface area contributed by atoms with Crippen LogP contribution in [0, 0.1) is 12.8 Å². The number of carbonyl (C=O) groups is 2. The fourth-order valence-electron chi connectivity index (χ4n) is 5.72. The smallest absolute Gasteiger partial charge is 0.262 e. The minimum absolute atomic E-state index is 0.0337. The third-order valence-electron chi connectivity index (χ3n) is 8.00. The Morgan fingerprint density at radius 3 is 2.49 bits per heavy atom. The van der Waals surface area contributed by atoms with Gasteiger partial charge in [0.25, 0.3) is 5.91 Å². The highest BCUT2D eigenvalue weighted by atomic mass is 16.5. The van der Waals surface area contributed by atoms with Crippen LogP contribution in [0.25, 0.3) is 0 Å². The van der Waals surface area contributed by atoms with Gasteiger partial charge in [0.2, 0.25) is 5.91 Å². The summed E-state index contributed by atoms with van der Waals surface area (Å²) >= 11 is 0. The van der Waals surface area contributed by atoms with Crippen molar-refractivity contribution in [2.45, 2.75) is 45.1 Å². The molecule has 37 heavy (non-hydrogen) atoms. The normalized spacial score (nSPS) is 20.9. The highest BCUT2D eigenvalue weighted by Gasteiger charge is 2.36. The van der Waals surface area contributed by atoms with E-state index in [1.165, 1.54) is 5.56 Å². The van der Waals surface area contributed by atoms with E-state index in [0.717, 1.165) is 75.5 Å². The minimum Gasteiger partial charge on any atom is -0.379 e. The second-order valence-electron chi connectivity index (χ2n) is 10.6. The Bertz CT molecular complexity index is 1110. The second kappa shape index (κ2) is 11.6. The number of morpholine rings is 1. The van der Waals surface area contributed by atoms with Crippen LogP contribution in [-0.2, 0) is 21.4 Å². The van der Waals surface area contributed by atoms with Gasteiger partial charge in [0, 0.05) is 51.8 Å². The van der Waals surface area contributed by atoms with Crippen LogP contribution in [-0.4, -0.2) is 82.8 Å². The maximum Gasteiger partial charge on any atom is 0.262 e. The van der Waals surface area contributed by atoms with E-state index in [4.69, 9.17) is 9.84 Å². The van der Waals surface area contributed by atoms with E-state index >= 15 is 0 Å². The summed E-state index contributed by atoms with van der Waals surface area (Å²) < 4.78 is 7.52. The molecule has 2 fully saturated rings. The van der Waals surface area contributed by atoms with Gasteiger partial charge in [-0.15, -0.1) is 0 Å². The van der Waals surface area contributed by atoms with E-state index in [2.05, 4.69) is 36.1 Å². The van der Waals surface area contributed by atoms with Crippen molar-refractivity contribution in [1.82, 2.24) is 19.4 Å². The number of aryl methyl sites for hydroxylation is 2. The fraction of sp³-hybridized carbons (Fsp3) is 0.552. The molecule has 0 N–H and O–H groups in total. The first kappa shape index (κ1) is 25.7. The molecule has 1 saturated heterocycles. The molecule has 3 heterocycles. The number of aromatic nitrogens is 1. The molecule has 1 aromatic carbocycles. The SMILES string of the molecule is Cc1ccc([C@H]2CC(c3cccn3C)=NN2C(=O)CN(CCN2CCOCC2)C(=O)C2CCCC2)cc1. The van der Waals surface area contributed by atoms with Crippen LogP contribution in [0.4, 0.5) is 0 Å². The van der Waals surface area contributed by atoms with Crippen molar-refractivity contribution in [3.8, 4) is 0 Å². The van der Waals surface area contributed by atoms with Gasteiger partial charge in [-0.2, -0.15) is 5.10 Å². The molecule has 2 amide bonds. The van der Waals surface area contributed by atoms with Crippen LogP contribution in [0.3, 0.4) is 0 Å². The summed E-state index contributed by atoms with van der Waals surface area (Å²) in [4.78, 5) is 31.5. The Morgan fingerprint density at radius 1 is 1.08 bits per heavy atom. The molecule has 8 heteroatoms. The Kier molecular flexibility index (Phi) is 8.05. The number of nitrogens with zero attached hydrogens (tertiary/aromatic N) is 5. The summed E-state index contributed by atoms with van der Waals surface area (Å²) in [5, 5.41) is 6.48. The van der Waals surface area contributed by atoms with Crippen LogP contribution in [0.5, 0.6) is 0 Å². The number of carbonyl (C=O) groups excluding carboxylic acids is 2. The largest absolute Gasteiger partial charge is 0.379 e. The summed E-state index contributed by atoms with van der Waals surface area (Å²) in [7, 11) is 2.00. The Morgan fingerprint density at radius 2 is 1.81 bits per heavy atom. The second-order valence-corrected chi connectivity index (χ2v) is 10.6. The molecule has 0 radical (unpaired) electrons. The highest BCUT2D eigenvalue weighted by molar-refractivity contribution is 6.02. The number of amides is 2. The maximum absolute atomic E-state index is 13.9. The Balaban J connectivity index is 1.37.